The van der Waals surface area contributed by atoms with E-state index >= 15 is 0 Å². The molecule has 0 aliphatic rings. The number of carbonyl (C=O) groups is 2. The molecule has 0 aromatic rings. The van der Waals surface area contributed by atoms with Gasteiger partial charge in [-0.25, -0.2) is 0 Å². The summed E-state index contributed by atoms with van der Waals surface area (Å²) in [7, 11) is 0. The summed E-state index contributed by atoms with van der Waals surface area (Å²) in [5, 5.41) is 5.33. The highest BCUT2D eigenvalue weighted by Gasteiger charge is 2.32. The van der Waals surface area contributed by atoms with E-state index in [1.165, 1.54) is 0 Å². The van der Waals surface area contributed by atoms with E-state index in [-0.39, 0.29) is 23.8 Å². The monoisotopic (exact) mass is 242 g/mol. The van der Waals surface area contributed by atoms with E-state index in [0.717, 1.165) is 6.42 Å². The quantitative estimate of drug-likeness (QED) is 0.771. The highest BCUT2D eigenvalue weighted by atomic mass is 16.2. The zero-order valence-corrected chi connectivity index (χ0v) is 11.9. The van der Waals surface area contributed by atoms with Crippen molar-refractivity contribution < 1.29 is 9.59 Å². The summed E-state index contributed by atoms with van der Waals surface area (Å²) in [5.41, 5.74) is -0.364. The first kappa shape index (κ1) is 15.9. The van der Waals surface area contributed by atoms with Crippen molar-refractivity contribution in [2.24, 2.45) is 10.8 Å². The van der Waals surface area contributed by atoms with Crippen LogP contribution in [0.2, 0.25) is 0 Å². The molecule has 0 aromatic carbocycles. The molecule has 0 aromatic heterocycles. The van der Waals surface area contributed by atoms with Crippen LogP contribution in [0.4, 0.5) is 0 Å². The molecule has 0 fully saturated rings. The third-order valence-corrected chi connectivity index (χ3v) is 2.37. The Morgan fingerprint density at radius 1 is 1.00 bits per heavy atom. The Balaban J connectivity index is 4.26. The molecule has 0 spiro atoms. The van der Waals surface area contributed by atoms with E-state index in [2.05, 4.69) is 31.4 Å². The molecule has 0 bridgehead atoms. The molecule has 0 heterocycles. The van der Waals surface area contributed by atoms with E-state index in [4.69, 9.17) is 0 Å². The average Bonchev–Trinajstić information content (AvgIpc) is 2.10. The minimum absolute atomic E-state index is 0.0558. The van der Waals surface area contributed by atoms with Crippen LogP contribution in [-0.2, 0) is 9.59 Å². The molecule has 0 aliphatic heterocycles. The van der Waals surface area contributed by atoms with Crippen LogP contribution in [0.3, 0.4) is 0 Å². The Kier molecular flexibility index (Phi) is 5.66. The fourth-order valence-corrected chi connectivity index (χ4v) is 2.07. The first-order valence-electron chi connectivity index (χ1n) is 6.13. The number of rotatable bonds is 5. The number of likely N-dealkylation sites (N-methyl/N-ethyl adjacent to an activating group) is 1. The number of carbonyl (C=O) groups excluding carboxylic acids is 2. The molecule has 0 radical (unpaired) electrons. The normalized spacial score (nSPS) is 12.1. The summed E-state index contributed by atoms with van der Waals surface area (Å²) in [4.78, 5) is 23.2. The van der Waals surface area contributed by atoms with Crippen LogP contribution in [0.15, 0.2) is 0 Å². The topological polar surface area (TPSA) is 58.2 Å². The molecule has 0 rings (SSSR count). The van der Waals surface area contributed by atoms with Gasteiger partial charge in [-0.3, -0.25) is 9.59 Å². The lowest BCUT2D eigenvalue weighted by atomic mass is 9.76. The number of hydrogen-bond donors (Lipinski definition) is 2. The Morgan fingerprint density at radius 3 is 1.94 bits per heavy atom. The molecule has 0 saturated carbocycles. The third-order valence-electron chi connectivity index (χ3n) is 2.37. The largest absolute Gasteiger partial charge is 0.355 e. The Morgan fingerprint density at radius 2 is 1.53 bits per heavy atom. The first-order valence-corrected chi connectivity index (χ1v) is 6.13. The van der Waals surface area contributed by atoms with Crippen LogP contribution in [0, 0.1) is 10.8 Å². The lowest BCUT2D eigenvalue weighted by molar-refractivity contribution is -0.133. The molecular weight excluding hydrogens is 216 g/mol. The van der Waals surface area contributed by atoms with Crippen LogP contribution >= 0.6 is 0 Å². The molecule has 2 amide bonds. The van der Waals surface area contributed by atoms with Gasteiger partial charge >= 0.3 is 0 Å². The van der Waals surface area contributed by atoms with Crippen molar-refractivity contribution in [1.82, 2.24) is 10.6 Å². The van der Waals surface area contributed by atoms with Gasteiger partial charge in [0.1, 0.15) is 0 Å². The van der Waals surface area contributed by atoms with Gasteiger partial charge in [-0.1, -0.05) is 34.6 Å². The number of hydrogen-bond acceptors (Lipinski definition) is 2. The van der Waals surface area contributed by atoms with Crippen LogP contribution in [0.25, 0.3) is 0 Å². The molecule has 4 nitrogen and oxygen atoms in total. The van der Waals surface area contributed by atoms with Gasteiger partial charge < -0.3 is 10.6 Å². The molecular formula is C13H26N2O2. The van der Waals surface area contributed by atoms with Crippen molar-refractivity contribution in [2.45, 2.75) is 48.0 Å². The van der Waals surface area contributed by atoms with Crippen molar-refractivity contribution in [3.05, 3.63) is 0 Å². The summed E-state index contributed by atoms with van der Waals surface area (Å²) >= 11 is 0. The molecule has 0 atom stereocenters. The fourth-order valence-electron chi connectivity index (χ4n) is 2.07. The van der Waals surface area contributed by atoms with Crippen LogP contribution < -0.4 is 10.6 Å². The second kappa shape index (κ2) is 6.03. The summed E-state index contributed by atoms with van der Waals surface area (Å²) in [6.45, 7) is 12.6. The first-order chi connectivity index (χ1) is 7.58. The second-order valence-electron chi connectivity index (χ2n) is 6.26. The van der Waals surface area contributed by atoms with E-state index in [0.29, 0.717) is 6.54 Å². The maximum Gasteiger partial charge on any atom is 0.239 e. The molecule has 17 heavy (non-hydrogen) atoms. The van der Waals surface area contributed by atoms with Gasteiger partial charge in [-0.05, 0) is 18.8 Å². The smallest absolute Gasteiger partial charge is 0.239 e. The Hall–Kier alpha value is -1.06. The third kappa shape index (κ3) is 6.97. The minimum Gasteiger partial charge on any atom is -0.355 e. The molecule has 0 aliphatic carbocycles. The van der Waals surface area contributed by atoms with Crippen LogP contribution in [0.1, 0.15) is 48.0 Å². The van der Waals surface area contributed by atoms with Crippen molar-refractivity contribution in [2.75, 3.05) is 13.1 Å². The molecule has 4 heteroatoms. The van der Waals surface area contributed by atoms with Gasteiger partial charge in [-0.15, -0.1) is 0 Å². The lowest BCUT2D eigenvalue weighted by Gasteiger charge is -2.31. The predicted molar refractivity (Wildman–Crippen MR) is 69.5 cm³/mol. The molecule has 0 unspecified atom stereocenters. The van der Waals surface area contributed by atoms with E-state index in [1.807, 2.05) is 20.8 Å². The van der Waals surface area contributed by atoms with Crippen LogP contribution in [-0.4, -0.2) is 24.9 Å². The summed E-state index contributed by atoms with van der Waals surface area (Å²) in [6, 6.07) is 0. The average molecular weight is 242 g/mol. The lowest BCUT2D eigenvalue weighted by Crippen LogP contribution is -2.43. The standard InChI is InChI=1S/C13H26N2O2/c1-7-14-10(16)8-15-11(17)13(5,6)9-12(2,3)4/h7-9H2,1-6H3,(H,14,16)(H,15,17). The van der Waals surface area contributed by atoms with E-state index in [1.54, 1.807) is 0 Å². The van der Waals surface area contributed by atoms with Gasteiger partial charge in [0.25, 0.3) is 0 Å². The predicted octanol–water partition coefficient (Wildman–Crippen LogP) is 1.70. The van der Waals surface area contributed by atoms with Gasteiger partial charge in [0.2, 0.25) is 11.8 Å². The Bertz CT molecular complexity index is 278. The van der Waals surface area contributed by atoms with Crippen molar-refractivity contribution in [3.63, 3.8) is 0 Å². The number of nitrogens with one attached hydrogen (secondary N) is 2. The van der Waals surface area contributed by atoms with Crippen molar-refractivity contribution >= 4 is 11.8 Å². The maximum atomic E-state index is 12.0. The molecule has 100 valence electrons. The summed E-state index contributed by atoms with van der Waals surface area (Å²) in [6.07, 6.45) is 0.779. The van der Waals surface area contributed by atoms with Gasteiger partial charge in [0.05, 0.1) is 6.54 Å². The SMILES string of the molecule is CCNC(=O)CNC(=O)C(C)(C)CC(C)(C)C. The van der Waals surface area contributed by atoms with Crippen molar-refractivity contribution in [1.29, 1.82) is 0 Å². The summed E-state index contributed by atoms with van der Waals surface area (Å²) < 4.78 is 0. The zero-order chi connectivity index (χ0) is 13.7. The zero-order valence-electron chi connectivity index (χ0n) is 11.9. The maximum absolute atomic E-state index is 12.0. The van der Waals surface area contributed by atoms with Crippen molar-refractivity contribution in [3.8, 4) is 0 Å². The summed E-state index contributed by atoms with van der Waals surface area (Å²) in [5.74, 6) is -0.217. The minimum atomic E-state index is -0.454. The molecule has 0 saturated heterocycles. The molecule has 2 N–H and O–H groups in total. The van der Waals surface area contributed by atoms with Gasteiger partial charge in [0, 0.05) is 12.0 Å². The number of amides is 2. The highest BCUT2D eigenvalue weighted by Crippen LogP contribution is 2.33. The Labute approximate surface area is 105 Å². The van der Waals surface area contributed by atoms with Gasteiger partial charge in [0.15, 0.2) is 0 Å². The van der Waals surface area contributed by atoms with Crippen LogP contribution in [0.5, 0.6) is 0 Å². The fraction of sp³-hybridized carbons (Fsp3) is 0.846. The van der Waals surface area contributed by atoms with Gasteiger partial charge in [-0.2, -0.15) is 0 Å². The second-order valence-corrected chi connectivity index (χ2v) is 6.26. The highest BCUT2D eigenvalue weighted by molar-refractivity contribution is 5.87. The van der Waals surface area contributed by atoms with E-state index in [9.17, 15) is 9.59 Å². The van der Waals surface area contributed by atoms with E-state index < -0.39 is 5.41 Å².